The molecule has 2 aromatic heterocycles. The number of aromatic amines is 1. The molecule has 9 heteroatoms. The molecule has 0 saturated carbocycles. The van der Waals surface area contributed by atoms with Crippen LogP contribution in [0, 0.1) is 0 Å². The van der Waals surface area contributed by atoms with Gasteiger partial charge in [-0.2, -0.15) is 4.98 Å². The van der Waals surface area contributed by atoms with Gasteiger partial charge in [-0.1, -0.05) is 12.1 Å². The number of nitrogens with two attached hydrogens (primary N) is 1. The number of carbonyl (C=O) groups excluding carboxylic acids is 1. The van der Waals surface area contributed by atoms with Crippen molar-refractivity contribution in [2.75, 3.05) is 12.3 Å². The van der Waals surface area contributed by atoms with E-state index in [0.717, 1.165) is 0 Å². The predicted octanol–water partition coefficient (Wildman–Crippen LogP) is 0.0167. The normalized spacial score (nSPS) is 12.2. The van der Waals surface area contributed by atoms with Crippen molar-refractivity contribution in [3.63, 3.8) is 0 Å². The lowest BCUT2D eigenvalue weighted by Gasteiger charge is -2.15. The van der Waals surface area contributed by atoms with Crippen LogP contribution >= 0.6 is 0 Å². The summed E-state index contributed by atoms with van der Waals surface area (Å²) in [5.41, 5.74) is 5.77. The molecule has 0 saturated heterocycles. The van der Waals surface area contributed by atoms with Gasteiger partial charge in [-0.15, -0.1) is 5.10 Å². The van der Waals surface area contributed by atoms with Crippen LogP contribution in [0.5, 0.6) is 0 Å². The number of aromatic nitrogens is 5. The SMILES string of the molecule is C[C@@H](C(=O)NCCc1nc(N)n[nH]1)n1cnc2ccccc2c1=O. The lowest BCUT2D eigenvalue weighted by Crippen LogP contribution is -2.36. The summed E-state index contributed by atoms with van der Waals surface area (Å²) in [6.45, 7) is 2.01. The van der Waals surface area contributed by atoms with Gasteiger partial charge in [0.15, 0.2) is 0 Å². The third-order valence-corrected chi connectivity index (χ3v) is 3.70. The van der Waals surface area contributed by atoms with Crippen molar-refractivity contribution < 1.29 is 4.79 Å². The van der Waals surface area contributed by atoms with Gasteiger partial charge in [0.25, 0.3) is 5.56 Å². The van der Waals surface area contributed by atoms with E-state index < -0.39 is 6.04 Å². The van der Waals surface area contributed by atoms with Crippen molar-refractivity contribution >= 4 is 22.8 Å². The molecule has 1 atom stereocenters. The molecule has 0 unspecified atom stereocenters. The van der Waals surface area contributed by atoms with Gasteiger partial charge in [0.1, 0.15) is 11.9 Å². The van der Waals surface area contributed by atoms with Crippen LogP contribution in [0.1, 0.15) is 18.8 Å². The molecule has 24 heavy (non-hydrogen) atoms. The summed E-state index contributed by atoms with van der Waals surface area (Å²) < 4.78 is 1.32. The molecule has 0 radical (unpaired) electrons. The summed E-state index contributed by atoms with van der Waals surface area (Å²) >= 11 is 0. The molecule has 0 fully saturated rings. The lowest BCUT2D eigenvalue weighted by atomic mass is 10.2. The Labute approximate surface area is 136 Å². The van der Waals surface area contributed by atoms with Crippen molar-refractivity contribution in [1.29, 1.82) is 0 Å². The van der Waals surface area contributed by atoms with Crippen molar-refractivity contribution in [2.24, 2.45) is 0 Å². The molecule has 4 N–H and O–H groups in total. The Balaban J connectivity index is 1.69. The Hall–Kier alpha value is -3.23. The highest BCUT2D eigenvalue weighted by Gasteiger charge is 2.17. The third kappa shape index (κ3) is 3.09. The number of rotatable bonds is 5. The number of para-hydroxylation sites is 1. The summed E-state index contributed by atoms with van der Waals surface area (Å²) in [6.07, 6.45) is 1.86. The van der Waals surface area contributed by atoms with Crippen molar-refractivity contribution in [2.45, 2.75) is 19.4 Å². The number of benzene rings is 1. The molecular formula is C15H17N7O2. The minimum absolute atomic E-state index is 0.165. The number of hydrogen-bond acceptors (Lipinski definition) is 6. The summed E-state index contributed by atoms with van der Waals surface area (Å²) in [4.78, 5) is 32.9. The second kappa shape index (κ2) is 6.49. The number of nitrogen functional groups attached to an aromatic ring is 1. The van der Waals surface area contributed by atoms with E-state index in [2.05, 4.69) is 25.5 Å². The van der Waals surface area contributed by atoms with Gasteiger partial charge in [0.2, 0.25) is 11.9 Å². The molecule has 0 bridgehead atoms. The monoisotopic (exact) mass is 327 g/mol. The highest BCUT2D eigenvalue weighted by Crippen LogP contribution is 2.08. The van der Waals surface area contributed by atoms with Crippen molar-refractivity contribution in [3.8, 4) is 0 Å². The molecule has 124 valence electrons. The average Bonchev–Trinajstić information content (AvgIpc) is 3.00. The Kier molecular flexibility index (Phi) is 4.23. The van der Waals surface area contributed by atoms with Crippen LogP contribution in [0.25, 0.3) is 10.9 Å². The van der Waals surface area contributed by atoms with Gasteiger partial charge in [0, 0.05) is 13.0 Å². The number of anilines is 1. The zero-order chi connectivity index (χ0) is 17.1. The summed E-state index contributed by atoms with van der Waals surface area (Å²) in [6, 6.07) is 6.36. The Morgan fingerprint density at radius 1 is 1.42 bits per heavy atom. The molecule has 3 rings (SSSR count). The maximum atomic E-state index is 12.5. The van der Waals surface area contributed by atoms with Gasteiger partial charge in [-0.3, -0.25) is 19.3 Å². The van der Waals surface area contributed by atoms with E-state index in [4.69, 9.17) is 5.73 Å². The summed E-state index contributed by atoms with van der Waals surface area (Å²) in [7, 11) is 0. The number of nitrogens with one attached hydrogen (secondary N) is 2. The first-order valence-electron chi connectivity index (χ1n) is 7.46. The summed E-state index contributed by atoms with van der Waals surface area (Å²) in [5.74, 6) is 0.477. The van der Waals surface area contributed by atoms with Crippen LogP contribution in [0.3, 0.4) is 0 Å². The van der Waals surface area contributed by atoms with Gasteiger partial charge in [0.05, 0.1) is 17.2 Å². The third-order valence-electron chi connectivity index (χ3n) is 3.70. The number of hydrogen-bond donors (Lipinski definition) is 3. The van der Waals surface area contributed by atoms with Gasteiger partial charge in [-0.05, 0) is 19.1 Å². The molecule has 1 aromatic carbocycles. The molecular weight excluding hydrogens is 310 g/mol. The smallest absolute Gasteiger partial charge is 0.261 e. The molecule has 1 amide bonds. The predicted molar refractivity (Wildman–Crippen MR) is 88.2 cm³/mol. The minimum atomic E-state index is -0.672. The molecule has 0 aliphatic heterocycles. The van der Waals surface area contributed by atoms with Crippen LogP contribution in [0.4, 0.5) is 5.95 Å². The standard InChI is InChI=1S/C15H17N7O2/c1-9(13(23)17-7-6-12-19-15(16)21-20-12)22-8-18-11-5-3-2-4-10(11)14(22)24/h2-5,8-9H,6-7H2,1H3,(H,17,23)(H3,16,19,20,21)/t9-/m0/s1. The van der Waals surface area contributed by atoms with Crippen LogP contribution in [-0.2, 0) is 11.2 Å². The second-order valence-corrected chi connectivity index (χ2v) is 5.33. The topological polar surface area (TPSA) is 132 Å². The first-order valence-corrected chi connectivity index (χ1v) is 7.46. The first kappa shape index (κ1) is 15.7. The molecule has 9 nitrogen and oxygen atoms in total. The fourth-order valence-corrected chi connectivity index (χ4v) is 2.36. The van der Waals surface area contributed by atoms with E-state index in [1.54, 1.807) is 25.1 Å². The van der Waals surface area contributed by atoms with Gasteiger partial charge < -0.3 is 11.1 Å². The van der Waals surface area contributed by atoms with Crippen molar-refractivity contribution in [1.82, 2.24) is 30.0 Å². The maximum absolute atomic E-state index is 12.5. The number of H-pyrrole nitrogens is 1. The molecule has 2 heterocycles. The Morgan fingerprint density at radius 2 is 2.21 bits per heavy atom. The highest BCUT2D eigenvalue weighted by atomic mass is 16.2. The summed E-state index contributed by atoms with van der Waals surface area (Å²) in [5, 5.41) is 9.62. The van der Waals surface area contributed by atoms with E-state index in [1.807, 2.05) is 6.07 Å². The molecule has 0 aliphatic carbocycles. The first-order chi connectivity index (χ1) is 11.6. The Bertz CT molecular complexity index is 931. The zero-order valence-electron chi connectivity index (χ0n) is 13.1. The molecule has 0 aliphatic rings. The highest BCUT2D eigenvalue weighted by molar-refractivity contribution is 5.81. The van der Waals surface area contributed by atoms with E-state index in [9.17, 15) is 9.59 Å². The number of nitrogens with zero attached hydrogens (tertiary/aromatic N) is 4. The van der Waals surface area contributed by atoms with E-state index in [1.165, 1.54) is 10.9 Å². The Morgan fingerprint density at radius 3 is 2.96 bits per heavy atom. The average molecular weight is 327 g/mol. The number of fused-ring (bicyclic) bond motifs is 1. The second-order valence-electron chi connectivity index (χ2n) is 5.33. The number of carbonyl (C=O) groups is 1. The van der Waals surface area contributed by atoms with E-state index in [-0.39, 0.29) is 17.4 Å². The fraction of sp³-hybridized carbons (Fsp3) is 0.267. The molecule has 3 aromatic rings. The quantitative estimate of drug-likeness (QED) is 0.605. The van der Waals surface area contributed by atoms with Crippen LogP contribution in [0.15, 0.2) is 35.4 Å². The van der Waals surface area contributed by atoms with Crippen LogP contribution in [-0.4, -0.2) is 37.2 Å². The largest absolute Gasteiger partial charge is 0.367 e. The van der Waals surface area contributed by atoms with E-state index in [0.29, 0.717) is 29.7 Å². The molecule has 0 spiro atoms. The lowest BCUT2D eigenvalue weighted by molar-refractivity contribution is -0.123. The number of amides is 1. The van der Waals surface area contributed by atoms with Crippen LogP contribution in [0.2, 0.25) is 0 Å². The zero-order valence-corrected chi connectivity index (χ0v) is 13.1. The van der Waals surface area contributed by atoms with E-state index >= 15 is 0 Å². The van der Waals surface area contributed by atoms with Gasteiger partial charge in [-0.25, -0.2) is 4.98 Å². The maximum Gasteiger partial charge on any atom is 0.261 e. The van der Waals surface area contributed by atoms with Crippen LogP contribution < -0.4 is 16.6 Å². The van der Waals surface area contributed by atoms with Crippen molar-refractivity contribution in [3.05, 3.63) is 46.8 Å². The van der Waals surface area contributed by atoms with Gasteiger partial charge >= 0.3 is 0 Å². The minimum Gasteiger partial charge on any atom is -0.367 e. The fourth-order valence-electron chi connectivity index (χ4n) is 2.36.